The average molecular weight is 307 g/mol. The van der Waals surface area contributed by atoms with Crippen LogP contribution in [0.25, 0.3) is 22.2 Å². The monoisotopic (exact) mass is 307 g/mol. The highest BCUT2D eigenvalue weighted by atomic mass is 15.1. The summed E-state index contributed by atoms with van der Waals surface area (Å²) in [5.41, 5.74) is 2.90. The molecule has 0 saturated heterocycles. The van der Waals surface area contributed by atoms with E-state index in [9.17, 15) is 0 Å². The molecule has 0 bridgehead atoms. The van der Waals surface area contributed by atoms with Crippen molar-refractivity contribution in [3.63, 3.8) is 0 Å². The summed E-state index contributed by atoms with van der Waals surface area (Å²) in [6.07, 6.45) is 6.44. The van der Waals surface area contributed by atoms with Gasteiger partial charge >= 0.3 is 0 Å². The van der Waals surface area contributed by atoms with Gasteiger partial charge < -0.3 is 10.2 Å². The molecular formula is C18H21N5. The summed E-state index contributed by atoms with van der Waals surface area (Å²) in [4.78, 5) is 15.5. The van der Waals surface area contributed by atoms with E-state index in [0.717, 1.165) is 47.5 Å². The number of fused-ring (bicyclic) bond motifs is 1. The molecule has 5 nitrogen and oxygen atoms in total. The zero-order valence-electron chi connectivity index (χ0n) is 13.5. The maximum Gasteiger partial charge on any atom is 0.136 e. The van der Waals surface area contributed by atoms with Gasteiger partial charge in [-0.25, -0.2) is 4.98 Å². The van der Waals surface area contributed by atoms with E-state index in [0.29, 0.717) is 0 Å². The molecule has 0 aromatic carbocycles. The third-order valence-corrected chi connectivity index (χ3v) is 3.65. The Bertz CT molecular complexity index is 771. The van der Waals surface area contributed by atoms with Crippen LogP contribution in [0, 0.1) is 0 Å². The van der Waals surface area contributed by atoms with Crippen molar-refractivity contribution < 1.29 is 0 Å². The maximum atomic E-state index is 4.80. The first kappa shape index (κ1) is 15.4. The molecule has 0 aliphatic rings. The second kappa shape index (κ2) is 7.15. The largest absolute Gasteiger partial charge is 0.369 e. The number of anilines is 1. The van der Waals surface area contributed by atoms with Crippen molar-refractivity contribution in [2.45, 2.75) is 6.42 Å². The summed E-state index contributed by atoms with van der Waals surface area (Å²) in [6, 6.07) is 9.95. The second-order valence-electron chi connectivity index (χ2n) is 5.75. The Morgan fingerprint density at radius 1 is 1.09 bits per heavy atom. The smallest absolute Gasteiger partial charge is 0.136 e. The topological polar surface area (TPSA) is 53.9 Å². The van der Waals surface area contributed by atoms with Crippen LogP contribution >= 0.6 is 0 Å². The van der Waals surface area contributed by atoms with Crippen LogP contribution in [0.2, 0.25) is 0 Å². The zero-order chi connectivity index (χ0) is 16.1. The Labute approximate surface area is 136 Å². The van der Waals surface area contributed by atoms with Crippen molar-refractivity contribution >= 4 is 16.7 Å². The second-order valence-corrected chi connectivity index (χ2v) is 5.75. The lowest BCUT2D eigenvalue weighted by atomic mass is 10.1. The molecule has 0 radical (unpaired) electrons. The van der Waals surface area contributed by atoms with Gasteiger partial charge in [-0.3, -0.25) is 9.97 Å². The number of aromatic nitrogens is 3. The van der Waals surface area contributed by atoms with Crippen LogP contribution in [0.1, 0.15) is 6.42 Å². The van der Waals surface area contributed by atoms with Crippen molar-refractivity contribution in [1.29, 1.82) is 0 Å². The molecule has 1 N–H and O–H groups in total. The number of nitrogens with zero attached hydrogens (tertiary/aromatic N) is 4. The maximum absolute atomic E-state index is 4.80. The van der Waals surface area contributed by atoms with E-state index in [4.69, 9.17) is 4.98 Å². The first-order valence-electron chi connectivity index (χ1n) is 7.79. The van der Waals surface area contributed by atoms with Gasteiger partial charge in [0.25, 0.3) is 0 Å². The molecule has 5 heteroatoms. The fraction of sp³-hybridized carbons (Fsp3) is 0.278. The van der Waals surface area contributed by atoms with E-state index in [2.05, 4.69) is 40.3 Å². The molecular weight excluding hydrogens is 286 g/mol. The first-order chi connectivity index (χ1) is 11.2. The van der Waals surface area contributed by atoms with Crippen molar-refractivity contribution in [2.24, 2.45) is 0 Å². The van der Waals surface area contributed by atoms with Gasteiger partial charge in [-0.05, 0) is 57.4 Å². The van der Waals surface area contributed by atoms with Crippen LogP contribution in [0.4, 0.5) is 5.82 Å². The van der Waals surface area contributed by atoms with E-state index >= 15 is 0 Å². The number of hydrogen-bond acceptors (Lipinski definition) is 5. The van der Waals surface area contributed by atoms with Gasteiger partial charge in [0.2, 0.25) is 0 Å². The van der Waals surface area contributed by atoms with Gasteiger partial charge in [0.15, 0.2) is 0 Å². The highest BCUT2D eigenvalue weighted by Gasteiger charge is 2.08. The van der Waals surface area contributed by atoms with E-state index in [1.165, 1.54) is 0 Å². The molecule has 23 heavy (non-hydrogen) atoms. The molecule has 0 aliphatic heterocycles. The summed E-state index contributed by atoms with van der Waals surface area (Å²) in [6.45, 7) is 1.93. The van der Waals surface area contributed by atoms with E-state index < -0.39 is 0 Å². The van der Waals surface area contributed by atoms with E-state index in [1.807, 2.05) is 30.5 Å². The lowest BCUT2D eigenvalue weighted by Gasteiger charge is -2.13. The fourth-order valence-corrected chi connectivity index (χ4v) is 2.48. The van der Waals surface area contributed by atoms with Crippen molar-refractivity contribution in [1.82, 2.24) is 19.9 Å². The van der Waals surface area contributed by atoms with Crippen molar-refractivity contribution in [3.05, 3.63) is 48.9 Å². The molecule has 3 aromatic rings. The van der Waals surface area contributed by atoms with Gasteiger partial charge in [-0.1, -0.05) is 0 Å². The molecule has 3 aromatic heterocycles. The molecule has 0 amide bonds. The SMILES string of the molecule is CN(C)CCCNc1nc(-c2ccncc2)cc2ncccc12. The Hall–Kier alpha value is -2.53. The summed E-state index contributed by atoms with van der Waals surface area (Å²) in [5.74, 6) is 0.890. The van der Waals surface area contributed by atoms with Crippen molar-refractivity contribution in [3.8, 4) is 11.3 Å². The Kier molecular flexibility index (Phi) is 4.78. The molecule has 118 valence electrons. The standard InChI is InChI=1S/C18H21N5/c1-23(2)12-4-9-21-18-15-5-3-8-20-17(15)13-16(22-18)14-6-10-19-11-7-14/h3,5-8,10-11,13H,4,9,12H2,1-2H3,(H,21,22). The van der Waals surface area contributed by atoms with E-state index in [1.54, 1.807) is 12.4 Å². The minimum atomic E-state index is 0.884. The zero-order valence-corrected chi connectivity index (χ0v) is 13.5. The molecule has 0 fully saturated rings. The minimum Gasteiger partial charge on any atom is -0.369 e. The number of rotatable bonds is 6. The van der Waals surface area contributed by atoms with Crippen molar-refractivity contribution in [2.75, 3.05) is 32.5 Å². The van der Waals surface area contributed by atoms with Crippen LogP contribution in [-0.2, 0) is 0 Å². The van der Waals surface area contributed by atoms with Crippen LogP contribution in [0.5, 0.6) is 0 Å². The molecule has 3 heterocycles. The van der Waals surface area contributed by atoms with Crippen LogP contribution in [0.15, 0.2) is 48.9 Å². The van der Waals surface area contributed by atoms with Crippen LogP contribution < -0.4 is 5.32 Å². The number of nitrogens with one attached hydrogen (secondary N) is 1. The molecule has 3 rings (SSSR count). The van der Waals surface area contributed by atoms with Gasteiger partial charge in [0, 0.05) is 36.1 Å². The third kappa shape index (κ3) is 3.81. The lowest BCUT2D eigenvalue weighted by molar-refractivity contribution is 0.405. The number of hydrogen-bond donors (Lipinski definition) is 1. The Balaban J connectivity index is 1.91. The van der Waals surface area contributed by atoms with Gasteiger partial charge in [0.1, 0.15) is 5.82 Å². The van der Waals surface area contributed by atoms with Gasteiger partial charge in [-0.2, -0.15) is 0 Å². The highest BCUT2D eigenvalue weighted by Crippen LogP contribution is 2.26. The Morgan fingerprint density at radius 2 is 1.91 bits per heavy atom. The van der Waals surface area contributed by atoms with E-state index in [-0.39, 0.29) is 0 Å². The summed E-state index contributed by atoms with van der Waals surface area (Å²) < 4.78 is 0. The molecule has 0 spiro atoms. The molecule has 0 atom stereocenters. The van der Waals surface area contributed by atoms with Crippen LogP contribution in [0.3, 0.4) is 0 Å². The molecule has 0 saturated carbocycles. The Morgan fingerprint density at radius 3 is 2.70 bits per heavy atom. The minimum absolute atomic E-state index is 0.884. The predicted octanol–water partition coefficient (Wildman–Crippen LogP) is 3.06. The fourth-order valence-electron chi connectivity index (χ4n) is 2.48. The number of pyridine rings is 3. The first-order valence-corrected chi connectivity index (χ1v) is 7.79. The quantitative estimate of drug-likeness (QED) is 0.709. The molecule has 0 unspecified atom stereocenters. The van der Waals surface area contributed by atoms with Gasteiger partial charge in [0.05, 0.1) is 11.2 Å². The molecule has 0 aliphatic carbocycles. The summed E-state index contributed by atoms with van der Waals surface area (Å²) >= 11 is 0. The lowest BCUT2D eigenvalue weighted by Crippen LogP contribution is -2.16. The highest BCUT2D eigenvalue weighted by molar-refractivity contribution is 5.91. The van der Waals surface area contributed by atoms with Crippen LogP contribution in [-0.4, -0.2) is 47.0 Å². The summed E-state index contributed by atoms with van der Waals surface area (Å²) in [5, 5.41) is 4.51. The normalized spacial score (nSPS) is 11.1. The van der Waals surface area contributed by atoms with Gasteiger partial charge in [-0.15, -0.1) is 0 Å². The summed E-state index contributed by atoms with van der Waals surface area (Å²) in [7, 11) is 4.17. The third-order valence-electron chi connectivity index (χ3n) is 3.65. The average Bonchev–Trinajstić information content (AvgIpc) is 2.59. The predicted molar refractivity (Wildman–Crippen MR) is 94.4 cm³/mol.